The third-order valence-electron chi connectivity index (χ3n) is 5.17. The van der Waals surface area contributed by atoms with Crippen LogP contribution in [0.15, 0.2) is 94.5 Å². The first-order valence-corrected chi connectivity index (χ1v) is 11.2. The standard InChI is InChI=1S/C26H20BrN3O4/c27-22-12-13-25(34-17-20-9-5-8-18-6-1-3-10-23(18)20)21(14-22)16-28-29-26(31)15-19-7-2-4-11-24(19)30(32)33/h1-14,16H,15,17H2,(H,29,31)/b28-16+. The number of nitrogens with one attached hydrogen (secondary N) is 1. The molecule has 4 aromatic carbocycles. The van der Waals surface area contributed by atoms with E-state index in [0.717, 1.165) is 20.8 Å². The molecule has 0 aliphatic rings. The Bertz CT molecular complexity index is 1380. The smallest absolute Gasteiger partial charge is 0.273 e. The summed E-state index contributed by atoms with van der Waals surface area (Å²) in [5.41, 5.74) is 4.37. The van der Waals surface area contributed by atoms with Crippen LogP contribution in [0.1, 0.15) is 16.7 Å². The van der Waals surface area contributed by atoms with Crippen molar-refractivity contribution in [2.45, 2.75) is 13.0 Å². The predicted molar refractivity (Wildman–Crippen MR) is 135 cm³/mol. The maximum atomic E-state index is 12.3. The molecule has 4 aromatic rings. The zero-order valence-electron chi connectivity index (χ0n) is 18.0. The van der Waals surface area contributed by atoms with E-state index in [-0.39, 0.29) is 12.1 Å². The van der Waals surface area contributed by atoms with Crippen molar-refractivity contribution >= 4 is 44.5 Å². The summed E-state index contributed by atoms with van der Waals surface area (Å²) in [4.78, 5) is 22.9. The van der Waals surface area contributed by atoms with Crippen LogP contribution in [0, 0.1) is 10.1 Å². The average Bonchev–Trinajstić information content (AvgIpc) is 2.83. The number of amides is 1. The van der Waals surface area contributed by atoms with Crippen molar-refractivity contribution in [3.05, 3.63) is 116 Å². The molecule has 0 heterocycles. The molecule has 0 aromatic heterocycles. The molecular weight excluding hydrogens is 498 g/mol. The first kappa shape index (κ1) is 23.1. The SMILES string of the molecule is O=C(Cc1ccccc1[N+](=O)[O-])N/N=C/c1cc(Br)ccc1OCc1cccc2ccccc12. The number of nitrogens with zero attached hydrogens (tertiary/aromatic N) is 2. The minimum absolute atomic E-state index is 0.0993. The Labute approximate surface area is 204 Å². The molecule has 170 valence electrons. The summed E-state index contributed by atoms with van der Waals surface area (Å²) in [6.45, 7) is 0.369. The van der Waals surface area contributed by atoms with E-state index >= 15 is 0 Å². The van der Waals surface area contributed by atoms with Crippen molar-refractivity contribution < 1.29 is 14.5 Å². The van der Waals surface area contributed by atoms with Gasteiger partial charge >= 0.3 is 0 Å². The number of carbonyl (C=O) groups is 1. The van der Waals surface area contributed by atoms with E-state index in [1.54, 1.807) is 18.2 Å². The van der Waals surface area contributed by atoms with Gasteiger partial charge in [-0.2, -0.15) is 5.10 Å². The third-order valence-corrected chi connectivity index (χ3v) is 5.66. The van der Waals surface area contributed by atoms with Crippen LogP contribution in [-0.4, -0.2) is 17.0 Å². The van der Waals surface area contributed by atoms with E-state index in [4.69, 9.17) is 4.74 Å². The van der Waals surface area contributed by atoms with E-state index in [1.165, 1.54) is 12.3 Å². The number of benzene rings is 4. The zero-order valence-corrected chi connectivity index (χ0v) is 19.6. The van der Waals surface area contributed by atoms with Gasteiger partial charge in [0, 0.05) is 21.7 Å². The van der Waals surface area contributed by atoms with Gasteiger partial charge in [0.1, 0.15) is 12.4 Å². The summed E-state index contributed by atoms with van der Waals surface area (Å²) < 4.78 is 6.91. The van der Waals surface area contributed by atoms with Crippen LogP contribution in [0.2, 0.25) is 0 Å². The number of ether oxygens (including phenoxy) is 1. The molecule has 34 heavy (non-hydrogen) atoms. The molecule has 7 nitrogen and oxygen atoms in total. The highest BCUT2D eigenvalue weighted by atomic mass is 79.9. The normalized spacial score (nSPS) is 11.0. The highest BCUT2D eigenvalue weighted by molar-refractivity contribution is 9.10. The summed E-state index contributed by atoms with van der Waals surface area (Å²) in [7, 11) is 0. The minimum atomic E-state index is -0.507. The number of hydrogen-bond donors (Lipinski definition) is 1. The number of halogens is 1. The summed E-state index contributed by atoms with van der Waals surface area (Å²) in [6, 6.07) is 25.8. The van der Waals surface area contributed by atoms with Gasteiger partial charge in [0.2, 0.25) is 5.91 Å². The highest BCUT2D eigenvalue weighted by Crippen LogP contribution is 2.25. The summed E-state index contributed by atoms with van der Waals surface area (Å²) >= 11 is 3.44. The molecule has 0 aliphatic carbocycles. The molecule has 0 aliphatic heterocycles. The lowest BCUT2D eigenvalue weighted by Gasteiger charge is -2.11. The van der Waals surface area contributed by atoms with Crippen LogP contribution < -0.4 is 10.2 Å². The van der Waals surface area contributed by atoms with Gasteiger partial charge in [-0.3, -0.25) is 14.9 Å². The molecule has 8 heteroatoms. The van der Waals surface area contributed by atoms with Gasteiger partial charge in [0.15, 0.2) is 0 Å². The minimum Gasteiger partial charge on any atom is -0.488 e. The number of hydrazone groups is 1. The van der Waals surface area contributed by atoms with Crippen LogP contribution in [0.3, 0.4) is 0 Å². The second-order valence-electron chi connectivity index (χ2n) is 7.46. The third kappa shape index (κ3) is 5.65. The van der Waals surface area contributed by atoms with Gasteiger partial charge in [0.25, 0.3) is 5.69 Å². The fraction of sp³-hybridized carbons (Fsp3) is 0.0769. The van der Waals surface area contributed by atoms with Gasteiger partial charge in [-0.25, -0.2) is 5.43 Å². The lowest BCUT2D eigenvalue weighted by molar-refractivity contribution is -0.385. The maximum Gasteiger partial charge on any atom is 0.273 e. The fourth-order valence-electron chi connectivity index (χ4n) is 3.55. The Kier molecular flexibility index (Phi) is 7.29. The maximum absolute atomic E-state index is 12.3. The molecule has 0 fully saturated rings. The molecule has 0 radical (unpaired) electrons. The lowest BCUT2D eigenvalue weighted by atomic mass is 10.1. The van der Waals surface area contributed by atoms with Gasteiger partial charge in [-0.05, 0) is 34.5 Å². The monoisotopic (exact) mass is 517 g/mol. The molecule has 1 amide bonds. The van der Waals surface area contributed by atoms with Crippen LogP contribution >= 0.6 is 15.9 Å². The van der Waals surface area contributed by atoms with Gasteiger partial charge in [0.05, 0.1) is 17.6 Å². The zero-order chi connectivity index (χ0) is 23.9. The van der Waals surface area contributed by atoms with Gasteiger partial charge in [-0.1, -0.05) is 76.6 Å². The Hall–Kier alpha value is -4.04. The quantitative estimate of drug-likeness (QED) is 0.182. The van der Waals surface area contributed by atoms with Crippen molar-refractivity contribution in [3.63, 3.8) is 0 Å². The topological polar surface area (TPSA) is 93.8 Å². The summed E-state index contributed by atoms with van der Waals surface area (Å²) in [5, 5.41) is 17.4. The molecule has 0 unspecified atom stereocenters. The molecule has 4 rings (SSSR count). The molecule has 0 spiro atoms. The van der Waals surface area contributed by atoms with E-state index in [1.807, 2.05) is 42.5 Å². The van der Waals surface area contributed by atoms with Crippen LogP contribution in [0.25, 0.3) is 10.8 Å². The van der Waals surface area contributed by atoms with Gasteiger partial charge < -0.3 is 4.74 Å². The number of para-hydroxylation sites is 1. The molecule has 0 bridgehead atoms. The largest absolute Gasteiger partial charge is 0.488 e. The lowest BCUT2D eigenvalue weighted by Crippen LogP contribution is -2.20. The van der Waals surface area contributed by atoms with Crippen molar-refractivity contribution in [1.82, 2.24) is 5.43 Å². The predicted octanol–water partition coefficient (Wildman–Crippen LogP) is 5.78. The molecule has 0 atom stereocenters. The first-order valence-electron chi connectivity index (χ1n) is 10.4. The second-order valence-corrected chi connectivity index (χ2v) is 8.38. The Balaban J connectivity index is 1.45. The molecule has 1 N–H and O–H groups in total. The Morgan fingerprint density at radius 1 is 1.00 bits per heavy atom. The van der Waals surface area contributed by atoms with Crippen LogP contribution in [-0.2, 0) is 17.8 Å². The molecule has 0 saturated heterocycles. The number of nitro groups is 1. The first-order chi connectivity index (χ1) is 16.5. The molecule has 0 saturated carbocycles. The highest BCUT2D eigenvalue weighted by Gasteiger charge is 2.15. The number of carbonyl (C=O) groups excluding carboxylic acids is 1. The van der Waals surface area contributed by atoms with Crippen LogP contribution in [0.4, 0.5) is 5.69 Å². The van der Waals surface area contributed by atoms with E-state index in [2.05, 4.69) is 44.7 Å². The number of nitro benzene ring substituents is 1. The van der Waals surface area contributed by atoms with Crippen LogP contribution in [0.5, 0.6) is 5.75 Å². The average molecular weight is 518 g/mol. The van der Waals surface area contributed by atoms with Gasteiger partial charge in [-0.15, -0.1) is 0 Å². The number of hydrogen-bond acceptors (Lipinski definition) is 5. The van der Waals surface area contributed by atoms with Crippen molar-refractivity contribution in [1.29, 1.82) is 0 Å². The Morgan fingerprint density at radius 3 is 2.59 bits per heavy atom. The number of fused-ring (bicyclic) bond motifs is 1. The summed E-state index contributed by atoms with van der Waals surface area (Å²) in [5.74, 6) is 0.145. The number of rotatable bonds is 8. The fourth-order valence-corrected chi connectivity index (χ4v) is 3.93. The Morgan fingerprint density at radius 2 is 1.74 bits per heavy atom. The second kappa shape index (κ2) is 10.7. The van der Waals surface area contributed by atoms with E-state index in [9.17, 15) is 14.9 Å². The summed E-state index contributed by atoms with van der Waals surface area (Å²) in [6.07, 6.45) is 1.33. The van der Waals surface area contributed by atoms with E-state index < -0.39 is 10.8 Å². The van der Waals surface area contributed by atoms with Crippen molar-refractivity contribution in [2.24, 2.45) is 5.10 Å². The molecular formula is C26H20BrN3O4. The van der Waals surface area contributed by atoms with Crippen molar-refractivity contribution in [2.75, 3.05) is 0 Å². The van der Waals surface area contributed by atoms with E-state index in [0.29, 0.717) is 23.5 Å². The van der Waals surface area contributed by atoms with Crippen molar-refractivity contribution in [3.8, 4) is 5.75 Å².